The number of fused-ring (bicyclic) bond motifs is 1. The van der Waals surface area contributed by atoms with Crippen molar-refractivity contribution in [2.24, 2.45) is 0 Å². The molecule has 0 saturated heterocycles. The lowest BCUT2D eigenvalue weighted by molar-refractivity contribution is -0.120. The molecule has 34 heavy (non-hydrogen) atoms. The molecule has 5 N–H and O–H groups in total. The third-order valence-corrected chi connectivity index (χ3v) is 5.88. The summed E-state index contributed by atoms with van der Waals surface area (Å²) in [6.07, 6.45) is 9.88. The minimum absolute atomic E-state index is 0.0430. The Labute approximate surface area is 203 Å². The number of aryl methyl sites for hydroxylation is 1. The van der Waals surface area contributed by atoms with Gasteiger partial charge in [-0.3, -0.25) is 9.20 Å². The van der Waals surface area contributed by atoms with Gasteiger partial charge >= 0.3 is 0 Å². The zero-order valence-corrected chi connectivity index (χ0v) is 20.9. The summed E-state index contributed by atoms with van der Waals surface area (Å²) in [7, 11) is 0. The molecule has 0 aliphatic rings. The fourth-order valence-corrected chi connectivity index (χ4v) is 3.81. The Bertz CT molecular complexity index is 894. The van der Waals surface area contributed by atoms with Crippen LogP contribution in [0.3, 0.4) is 0 Å². The van der Waals surface area contributed by atoms with E-state index in [1.165, 1.54) is 25.3 Å². The smallest absolute Gasteiger partial charge is 0.221 e. The van der Waals surface area contributed by atoms with Crippen LogP contribution in [0.1, 0.15) is 64.1 Å². The summed E-state index contributed by atoms with van der Waals surface area (Å²) in [5.41, 5.74) is 4.44. The van der Waals surface area contributed by atoms with Crippen LogP contribution in [0.5, 0.6) is 0 Å². The second-order valence-electron chi connectivity index (χ2n) is 8.39. The van der Waals surface area contributed by atoms with Crippen LogP contribution < -0.4 is 16.1 Å². The molecule has 1 atom stereocenters. The van der Waals surface area contributed by atoms with E-state index in [1.54, 1.807) is 11.6 Å². The summed E-state index contributed by atoms with van der Waals surface area (Å²) in [4.78, 5) is 19.4. The number of likely N-dealkylation sites (N-methyl/N-ethyl adjacent to an activating group) is 1. The van der Waals surface area contributed by atoms with Gasteiger partial charge in [-0.25, -0.2) is 4.98 Å². The SMILES string of the molecule is CCCCCCc1nc2cc(/C=C/C(O)NO)ccn2c1NCCC(=O)NCCN(CC)CC. The number of aromatic nitrogens is 2. The highest BCUT2D eigenvalue weighted by atomic mass is 16.5. The van der Waals surface area contributed by atoms with Crippen LogP contribution in [0.4, 0.5) is 5.82 Å². The van der Waals surface area contributed by atoms with Gasteiger partial charge in [-0.1, -0.05) is 46.1 Å². The fraction of sp³-hybridized carbons (Fsp3) is 0.600. The molecule has 9 nitrogen and oxygen atoms in total. The first-order valence-corrected chi connectivity index (χ1v) is 12.5. The Morgan fingerprint density at radius 2 is 2.00 bits per heavy atom. The van der Waals surface area contributed by atoms with E-state index in [4.69, 9.17) is 10.2 Å². The Hall–Kier alpha value is -2.46. The molecule has 0 aliphatic carbocycles. The number of hydrogen-bond donors (Lipinski definition) is 5. The van der Waals surface area contributed by atoms with Gasteiger partial charge in [0.1, 0.15) is 17.7 Å². The summed E-state index contributed by atoms with van der Waals surface area (Å²) < 4.78 is 2.01. The van der Waals surface area contributed by atoms with Gasteiger partial charge < -0.3 is 25.8 Å². The van der Waals surface area contributed by atoms with Gasteiger partial charge in [0.15, 0.2) is 0 Å². The number of aliphatic hydroxyl groups excluding tert-OH is 1. The van der Waals surface area contributed by atoms with E-state index < -0.39 is 6.23 Å². The fourth-order valence-electron chi connectivity index (χ4n) is 3.81. The lowest BCUT2D eigenvalue weighted by Gasteiger charge is -2.18. The lowest BCUT2D eigenvalue weighted by Crippen LogP contribution is -2.35. The van der Waals surface area contributed by atoms with Gasteiger partial charge in [0.25, 0.3) is 0 Å². The molecule has 0 fully saturated rings. The predicted molar refractivity (Wildman–Crippen MR) is 137 cm³/mol. The molecule has 0 saturated carbocycles. The van der Waals surface area contributed by atoms with Crippen LogP contribution in [-0.2, 0) is 11.2 Å². The maximum absolute atomic E-state index is 12.3. The average Bonchev–Trinajstić information content (AvgIpc) is 3.19. The zero-order chi connectivity index (χ0) is 24.8. The minimum Gasteiger partial charge on any atom is -0.373 e. The summed E-state index contributed by atoms with van der Waals surface area (Å²) in [6, 6.07) is 3.85. The van der Waals surface area contributed by atoms with Crippen molar-refractivity contribution in [2.45, 2.75) is 65.5 Å². The van der Waals surface area contributed by atoms with E-state index in [0.29, 0.717) is 19.5 Å². The quantitative estimate of drug-likeness (QED) is 0.136. The molecular weight excluding hydrogens is 432 g/mol. The number of nitrogens with zero attached hydrogens (tertiary/aromatic N) is 3. The van der Waals surface area contributed by atoms with Crippen LogP contribution in [0.25, 0.3) is 11.7 Å². The molecule has 0 spiro atoms. The van der Waals surface area contributed by atoms with Crippen molar-refractivity contribution in [1.29, 1.82) is 0 Å². The number of anilines is 1. The normalized spacial score (nSPS) is 12.6. The summed E-state index contributed by atoms with van der Waals surface area (Å²) in [5.74, 6) is 0.969. The van der Waals surface area contributed by atoms with E-state index >= 15 is 0 Å². The van der Waals surface area contributed by atoms with Gasteiger partial charge in [0.2, 0.25) is 5.91 Å². The molecule has 0 bridgehead atoms. The maximum Gasteiger partial charge on any atom is 0.221 e. The van der Waals surface area contributed by atoms with E-state index in [0.717, 1.165) is 55.2 Å². The molecule has 190 valence electrons. The van der Waals surface area contributed by atoms with Crippen LogP contribution >= 0.6 is 0 Å². The summed E-state index contributed by atoms with van der Waals surface area (Å²) >= 11 is 0. The Balaban J connectivity index is 2.04. The highest BCUT2D eigenvalue weighted by Gasteiger charge is 2.13. The average molecular weight is 475 g/mol. The van der Waals surface area contributed by atoms with Crippen molar-refractivity contribution in [3.05, 3.63) is 35.7 Å². The van der Waals surface area contributed by atoms with Crippen LogP contribution in [-0.4, -0.2) is 69.5 Å². The Kier molecular flexibility index (Phi) is 12.6. The highest BCUT2D eigenvalue weighted by molar-refractivity contribution is 5.76. The standard InChI is InChI=1S/C25H42N6O3/c1-4-7-8-9-10-21-25(27-15-13-23(32)26-16-18-30(5-2)6-3)31-17-14-20(19-22(31)28-21)11-12-24(33)29-34/h11-12,14,17,19,24,27,29,33-34H,4-10,13,15-16,18H2,1-3H3,(H,26,32)/b12-11+. The number of carbonyl (C=O) groups excluding carboxylic acids is 1. The number of unbranched alkanes of at least 4 members (excludes halogenated alkanes) is 3. The molecule has 2 aromatic rings. The minimum atomic E-state index is -1.12. The van der Waals surface area contributed by atoms with Crippen molar-refractivity contribution < 1.29 is 15.1 Å². The number of pyridine rings is 1. The lowest BCUT2D eigenvalue weighted by atomic mass is 10.1. The van der Waals surface area contributed by atoms with Gasteiger partial charge in [-0.2, -0.15) is 5.48 Å². The molecule has 0 radical (unpaired) electrons. The Morgan fingerprint density at radius 1 is 1.21 bits per heavy atom. The third kappa shape index (κ3) is 9.06. The van der Waals surface area contributed by atoms with Crippen molar-refractivity contribution in [2.75, 3.05) is 38.0 Å². The highest BCUT2D eigenvalue weighted by Crippen LogP contribution is 2.22. The van der Waals surface area contributed by atoms with Crippen molar-refractivity contribution in [1.82, 2.24) is 25.1 Å². The van der Waals surface area contributed by atoms with Gasteiger partial charge in [0.05, 0.1) is 5.69 Å². The molecule has 1 unspecified atom stereocenters. The van der Waals surface area contributed by atoms with Crippen molar-refractivity contribution in [3.8, 4) is 0 Å². The number of rotatable bonds is 17. The van der Waals surface area contributed by atoms with Crippen molar-refractivity contribution in [3.63, 3.8) is 0 Å². The first-order valence-electron chi connectivity index (χ1n) is 12.5. The first kappa shape index (κ1) is 27.8. The molecule has 0 aromatic carbocycles. The molecule has 1 amide bonds. The number of nitrogens with one attached hydrogen (secondary N) is 3. The van der Waals surface area contributed by atoms with E-state index in [-0.39, 0.29) is 5.91 Å². The van der Waals surface area contributed by atoms with Gasteiger partial charge in [-0.15, -0.1) is 0 Å². The van der Waals surface area contributed by atoms with Gasteiger partial charge in [0, 0.05) is 32.3 Å². The molecule has 0 aliphatic heterocycles. The third-order valence-electron chi connectivity index (χ3n) is 5.88. The number of amides is 1. The van der Waals surface area contributed by atoms with E-state index in [9.17, 15) is 9.90 Å². The zero-order valence-electron chi connectivity index (χ0n) is 20.9. The number of carbonyl (C=O) groups is 1. The van der Waals surface area contributed by atoms with E-state index in [1.807, 2.05) is 22.7 Å². The number of hydroxylamine groups is 1. The molecule has 2 heterocycles. The maximum atomic E-state index is 12.3. The number of hydrogen-bond acceptors (Lipinski definition) is 7. The second kappa shape index (κ2) is 15.4. The van der Waals surface area contributed by atoms with E-state index in [2.05, 4.69) is 36.3 Å². The Morgan fingerprint density at radius 3 is 2.71 bits per heavy atom. The predicted octanol–water partition coefficient (Wildman–Crippen LogP) is 3.03. The van der Waals surface area contributed by atoms with Crippen molar-refractivity contribution >= 4 is 23.4 Å². The van der Waals surface area contributed by atoms with Crippen LogP contribution in [0.2, 0.25) is 0 Å². The summed E-state index contributed by atoms with van der Waals surface area (Å²) in [5, 5.41) is 24.7. The molecule has 2 rings (SSSR count). The number of imidazole rings is 1. The largest absolute Gasteiger partial charge is 0.373 e. The van der Waals surface area contributed by atoms with Crippen LogP contribution in [0, 0.1) is 0 Å². The monoisotopic (exact) mass is 474 g/mol. The van der Waals surface area contributed by atoms with Gasteiger partial charge in [-0.05, 0) is 49.7 Å². The topological polar surface area (TPSA) is 114 Å². The van der Waals surface area contributed by atoms with Crippen LogP contribution in [0.15, 0.2) is 24.4 Å². The number of aliphatic hydroxyl groups is 1. The second-order valence-corrected chi connectivity index (χ2v) is 8.39. The summed E-state index contributed by atoms with van der Waals surface area (Å²) in [6.45, 7) is 10.5. The first-order chi connectivity index (χ1) is 16.5. The molecule has 9 heteroatoms. The molecular formula is C25H42N6O3. The molecule has 2 aromatic heterocycles.